The molecule has 0 aliphatic carbocycles. The highest BCUT2D eigenvalue weighted by atomic mass is 79.9. The van der Waals surface area contributed by atoms with E-state index in [0.717, 1.165) is 19.3 Å². The van der Waals surface area contributed by atoms with Gasteiger partial charge in [-0.05, 0) is 55.7 Å². The summed E-state index contributed by atoms with van der Waals surface area (Å²) in [5.41, 5.74) is 1.10. The van der Waals surface area contributed by atoms with Crippen molar-refractivity contribution in [2.45, 2.75) is 44.9 Å². The van der Waals surface area contributed by atoms with Gasteiger partial charge in [-0.15, -0.1) is 0 Å². The molecule has 1 aliphatic rings. The van der Waals surface area contributed by atoms with Crippen LogP contribution in [0.4, 0.5) is 0 Å². The molecule has 0 saturated carbocycles. The summed E-state index contributed by atoms with van der Waals surface area (Å²) in [6.45, 7) is 3.01. The van der Waals surface area contributed by atoms with Crippen LogP contribution in [0, 0.1) is 0 Å². The predicted octanol–water partition coefficient (Wildman–Crippen LogP) is 3.32. The lowest BCUT2D eigenvalue weighted by molar-refractivity contribution is -0.0000302. The zero-order chi connectivity index (χ0) is 23.8. The summed E-state index contributed by atoms with van der Waals surface area (Å²) < 4.78 is 0. The van der Waals surface area contributed by atoms with Crippen LogP contribution >= 0.6 is 7.26 Å². The Kier molecular flexibility index (Phi) is 10.2. The maximum atomic E-state index is 12.4. The van der Waals surface area contributed by atoms with Crippen molar-refractivity contribution >= 4 is 29.7 Å². The van der Waals surface area contributed by atoms with Gasteiger partial charge in [-0.1, -0.05) is 74.2 Å². The minimum Gasteiger partial charge on any atom is -1.00 e. The second-order valence-corrected chi connectivity index (χ2v) is 13.2. The predicted molar refractivity (Wildman–Crippen MR) is 144 cm³/mol. The fraction of sp³-hybridized carbons (Fsp3) is 0.333. The number of amides is 2. The molecule has 1 heterocycles. The Hall–Kier alpha value is -2.29. The molecule has 0 unspecified atom stereocenters. The molecule has 0 atom stereocenters. The van der Waals surface area contributed by atoms with E-state index in [-0.39, 0.29) is 28.8 Å². The number of rotatable bonds is 12. The van der Waals surface area contributed by atoms with Gasteiger partial charge in [0.2, 0.25) is 0 Å². The van der Waals surface area contributed by atoms with Crippen molar-refractivity contribution in [1.29, 1.82) is 0 Å². The van der Waals surface area contributed by atoms with Crippen molar-refractivity contribution in [2.75, 3.05) is 19.4 Å². The van der Waals surface area contributed by atoms with Crippen LogP contribution in [0.25, 0.3) is 0 Å². The Morgan fingerprint density at radius 1 is 0.571 bits per heavy atom. The van der Waals surface area contributed by atoms with Gasteiger partial charge < -0.3 is 17.0 Å². The van der Waals surface area contributed by atoms with Crippen LogP contribution in [-0.2, 0) is 0 Å². The van der Waals surface area contributed by atoms with Crippen LogP contribution in [0.3, 0.4) is 0 Å². The Labute approximate surface area is 221 Å². The monoisotopic (exact) mass is 551 g/mol. The summed E-state index contributed by atoms with van der Waals surface area (Å²) in [5, 5.41) is 2.99. The van der Waals surface area contributed by atoms with Gasteiger partial charge in [-0.3, -0.25) is 14.5 Å². The first-order valence-electron chi connectivity index (χ1n) is 12.5. The topological polar surface area (TPSA) is 37.4 Å². The quantitative estimate of drug-likeness (QED) is 0.197. The number of nitrogens with zero attached hydrogens (tertiary/aromatic N) is 1. The second kappa shape index (κ2) is 13.1. The molecule has 3 aromatic rings. The maximum absolute atomic E-state index is 12.4. The first kappa shape index (κ1) is 27.3. The molecule has 5 heteroatoms. The van der Waals surface area contributed by atoms with E-state index < -0.39 is 7.26 Å². The van der Waals surface area contributed by atoms with Crippen molar-refractivity contribution in [1.82, 2.24) is 4.90 Å². The van der Waals surface area contributed by atoms with Crippen molar-refractivity contribution in [3.8, 4) is 0 Å². The third-order valence-electron chi connectivity index (χ3n) is 7.02. The highest BCUT2D eigenvalue weighted by Gasteiger charge is 2.36. The van der Waals surface area contributed by atoms with E-state index in [4.69, 9.17) is 0 Å². The van der Waals surface area contributed by atoms with Crippen LogP contribution in [-0.4, -0.2) is 36.1 Å². The Balaban J connectivity index is 0.00000342. The summed E-state index contributed by atoms with van der Waals surface area (Å²) in [6.07, 6.45) is 9.33. The summed E-state index contributed by atoms with van der Waals surface area (Å²) in [6, 6.07) is 29.2. The Morgan fingerprint density at radius 2 is 0.971 bits per heavy atom. The molecule has 0 radical (unpaired) electrons. The van der Waals surface area contributed by atoms with Gasteiger partial charge in [0.1, 0.15) is 0 Å². The van der Waals surface area contributed by atoms with Gasteiger partial charge >= 0.3 is 0 Å². The highest BCUT2D eigenvalue weighted by molar-refractivity contribution is 7.88. The summed E-state index contributed by atoms with van der Waals surface area (Å²) in [4.78, 5) is 26.3. The molecule has 4 rings (SSSR count). The molecule has 0 N–H and O–H groups in total. The molecule has 0 saturated heterocycles. The largest absolute Gasteiger partial charge is 1.00 e. The van der Waals surface area contributed by atoms with Crippen molar-refractivity contribution in [3.63, 3.8) is 0 Å². The van der Waals surface area contributed by atoms with Gasteiger partial charge in [0, 0.05) is 6.54 Å². The minimum atomic E-state index is -1.36. The summed E-state index contributed by atoms with van der Waals surface area (Å²) in [7, 11) is -1.36. The fourth-order valence-corrected chi connectivity index (χ4v) is 8.28. The third kappa shape index (κ3) is 6.48. The zero-order valence-electron chi connectivity index (χ0n) is 20.5. The van der Waals surface area contributed by atoms with E-state index in [1.54, 1.807) is 12.1 Å². The van der Waals surface area contributed by atoms with Crippen molar-refractivity contribution < 1.29 is 26.6 Å². The third-order valence-corrected chi connectivity index (χ3v) is 11.1. The molecule has 3 aromatic carbocycles. The van der Waals surface area contributed by atoms with E-state index in [1.807, 2.05) is 12.1 Å². The van der Waals surface area contributed by atoms with E-state index >= 15 is 0 Å². The number of carbonyl (C=O) groups is 2. The minimum absolute atomic E-state index is 0. The SMILES string of the molecule is C[P+](CCCCCCCCCN1C(=O)c2ccccc2C1=O)(c1ccccc1)c1ccccc1.[Br-]. The smallest absolute Gasteiger partial charge is 0.261 e. The van der Waals surface area contributed by atoms with Crippen LogP contribution in [0.15, 0.2) is 84.9 Å². The van der Waals surface area contributed by atoms with Gasteiger partial charge in [0.05, 0.1) is 41.8 Å². The Morgan fingerprint density at radius 3 is 1.46 bits per heavy atom. The van der Waals surface area contributed by atoms with Crippen LogP contribution in [0.2, 0.25) is 0 Å². The fourth-order valence-electron chi connectivity index (χ4n) is 4.95. The molecule has 0 bridgehead atoms. The molecule has 3 nitrogen and oxygen atoms in total. The van der Waals surface area contributed by atoms with Gasteiger partial charge in [0.15, 0.2) is 0 Å². The molecule has 184 valence electrons. The van der Waals surface area contributed by atoms with Gasteiger partial charge in [-0.2, -0.15) is 0 Å². The molecule has 0 spiro atoms. The lowest BCUT2D eigenvalue weighted by Gasteiger charge is -2.23. The molecule has 1 aliphatic heterocycles. The normalized spacial score (nSPS) is 13.0. The number of benzene rings is 3. The molecule has 0 fully saturated rings. The number of hydrogen-bond donors (Lipinski definition) is 0. The number of fused-ring (bicyclic) bond motifs is 1. The molecular formula is C30H35BrNO2P. The number of unbranched alkanes of at least 4 members (excludes halogenated alkanes) is 6. The molecule has 0 aromatic heterocycles. The van der Waals surface area contributed by atoms with E-state index in [1.165, 1.54) is 47.4 Å². The van der Waals surface area contributed by atoms with Crippen LogP contribution in [0.5, 0.6) is 0 Å². The first-order valence-corrected chi connectivity index (χ1v) is 15.0. The summed E-state index contributed by atoms with van der Waals surface area (Å²) in [5.74, 6) is -0.271. The molecule has 2 amide bonds. The number of imide groups is 1. The lowest BCUT2D eigenvalue weighted by atomic mass is 10.1. The number of hydrogen-bond acceptors (Lipinski definition) is 2. The second-order valence-electron chi connectivity index (χ2n) is 9.37. The summed E-state index contributed by atoms with van der Waals surface area (Å²) >= 11 is 0. The zero-order valence-corrected chi connectivity index (χ0v) is 23.0. The van der Waals surface area contributed by atoms with Crippen LogP contribution < -0.4 is 27.6 Å². The maximum Gasteiger partial charge on any atom is 0.261 e. The number of halogens is 1. The van der Waals surface area contributed by atoms with Gasteiger partial charge in [-0.25, -0.2) is 0 Å². The first-order chi connectivity index (χ1) is 16.6. The highest BCUT2D eigenvalue weighted by Crippen LogP contribution is 2.53. The molecule has 35 heavy (non-hydrogen) atoms. The van der Waals surface area contributed by atoms with Crippen LogP contribution in [0.1, 0.15) is 65.7 Å². The van der Waals surface area contributed by atoms with Crippen molar-refractivity contribution in [3.05, 3.63) is 96.1 Å². The Bertz CT molecular complexity index is 1030. The standard InChI is InChI=1S/C30H35NO2P.BrH/c1-34(25-17-9-7-10-18-25,26-19-11-8-12-20-26)24-16-6-4-2-3-5-15-23-31-29(32)27-21-13-14-22-28(27)30(31)33;/h7-14,17-22H,2-6,15-16,23-24H2,1H3;1H/q+1;/p-1. The molecular weight excluding hydrogens is 517 g/mol. The van der Waals surface area contributed by atoms with E-state index in [9.17, 15) is 9.59 Å². The van der Waals surface area contributed by atoms with E-state index in [2.05, 4.69) is 67.3 Å². The average molecular weight is 552 g/mol. The van der Waals surface area contributed by atoms with Gasteiger partial charge in [0.25, 0.3) is 11.8 Å². The van der Waals surface area contributed by atoms with E-state index in [0.29, 0.717) is 17.7 Å². The lowest BCUT2D eigenvalue weighted by Crippen LogP contribution is -3.00. The number of carbonyl (C=O) groups excluding carboxylic acids is 2. The van der Waals surface area contributed by atoms with Crippen molar-refractivity contribution in [2.24, 2.45) is 0 Å². The average Bonchev–Trinajstić information content (AvgIpc) is 3.13.